The van der Waals surface area contributed by atoms with E-state index in [1.54, 1.807) is 17.0 Å². The van der Waals surface area contributed by atoms with Crippen LogP contribution < -0.4 is 4.90 Å². The highest BCUT2D eigenvalue weighted by Crippen LogP contribution is 2.45. The topological polar surface area (TPSA) is 37.4 Å². The zero-order chi connectivity index (χ0) is 21.3. The van der Waals surface area contributed by atoms with E-state index >= 15 is 0 Å². The van der Waals surface area contributed by atoms with E-state index in [2.05, 4.69) is 0 Å². The molecule has 1 aliphatic heterocycles. The fraction of sp³-hybridized carbons (Fsp3) is 0.200. The fourth-order valence-electron chi connectivity index (χ4n) is 3.93. The lowest BCUT2D eigenvalue weighted by Gasteiger charge is -2.47. The summed E-state index contributed by atoms with van der Waals surface area (Å²) >= 11 is 0. The zero-order valence-electron chi connectivity index (χ0n) is 16.5. The molecular formula is C25H21F2NO2. The van der Waals surface area contributed by atoms with Crippen molar-refractivity contribution in [1.29, 1.82) is 0 Å². The molecule has 2 atom stereocenters. The van der Waals surface area contributed by atoms with Gasteiger partial charge in [0, 0.05) is 17.7 Å². The van der Waals surface area contributed by atoms with E-state index in [4.69, 9.17) is 0 Å². The van der Waals surface area contributed by atoms with Crippen molar-refractivity contribution < 1.29 is 18.4 Å². The van der Waals surface area contributed by atoms with Gasteiger partial charge in [-0.2, -0.15) is 0 Å². The summed E-state index contributed by atoms with van der Waals surface area (Å²) in [6.45, 7) is 1.99. The van der Waals surface area contributed by atoms with E-state index in [1.807, 2.05) is 31.2 Å². The molecule has 3 aromatic rings. The third-order valence-corrected chi connectivity index (χ3v) is 5.59. The van der Waals surface area contributed by atoms with Crippen LogP contribution in [0.5, 0.6) is 0 Å². The van der Waals surface area contributed by atoms with Crippen LogP contribution in [-0.2, 0) is 4.79 Å². The van der Waals surface area contributed by atoms with Gasteiger partial charge in [0.2, 0.25) is 5.91 Å². The van der Waals surface area contributed by atoms with Crippen LogP contribution in [0.3, 0.4) is 0 Å². The summed E-state index contributed by atoms with van der Waals surface area (Å²) in [5, 5.41) is 0. The van der Waals surface area contributed by atoms with Crippen molar-refractivity contribution in [2.45, 2.75) is 25.8 Å². The minimum absolute atomic E-state index is 0.0842. The number of carbonyl (C=O) groups is 2. The van der Waals surface area contributed by atoms with Crippen molar-refractivity contribution in [2.75, 3.05) is 4.90 Å². The minimum Gasteiger partial charge on any atom is -0.304 e. The van der Waals surface area contributed by atoms with Crippen LogP contribution in [0.2, 0.25) is 0 Å². The first-order valence-corrected chi connectivity index (χ1v) is 9.88. The number of β-lactam (4-membered cyclic amide) rings is 1. The van der Waals surface area contributed by atoms with Gasteiger partial charge in [-0.1, -0.05) is 29.8 Å². The molecule has 1 amide bonds. The normalized spacial score (nSPS) is 18.2. The van der Waals surface area contributed by atoms with Gasteiger partial charge in [0.15, 0.2) is 5.78 Å². The molecule has 2 unspecified atom stereocenters. The van der Waals surface area contributed by atoms with Crippen molar-refractivity contribution in [2.24, 2.45) is 5.92 Å². The quantitative estimate of drug-likeness (QED) is 0.393. The number of hydrogen-bond donors (Lipinski definition) is 0. The van der Waals surface area contributed by atoms with E-state index in [0.717, 1.165) is 11.1 Å². The van der Waals surface area contributed by atoms with Gasteiger partial charge in [-0.05, 0) is 67.4 Å². The maximum Gasteiger partial charge on any atom is 0.233 e. The molecule has 5 heteroatoms. The van der Waals surface area contributed by atoms with Gasteiger partial charge in [0.05, 0.1) is 12.0 Å². The van der Waals surface area contributed by atoms with Gasteiger partial charge >= 0.3 is 0 Å². The summed E-state index contributed by atoms with van der Waals surface area (Å²) in [7, 11) is 0. The molecule has 0 bridgehead atoms. The van der Waals surface area contributed by atoms with E-state index in [1.165, 1.54) is 36.4 Å². The molecule has 1 fully saturated rings. The lowest BCUT2D eigenvalue weighted by Crippen LogP contribution is -2.55. The van der Waals surface area contributed by atoms with Crippen LogP contribution in [0.4, 0.5) is 14.5 Å². The molecule has 1 heterocycles. The Morgan fingerprint density at radius 2 is 1.43 bits per heavy atom. The predicted octanol–water partition coefficient (Wildman–Crippen LogP) is 5.64. The van der Waals surface area contributed by atoms with E-state index in [0.29, 0.717) is 17.7 Å². The van der Waals surface area contributed by atoms with Crippen LogP contribution in [0, 0.1) is 24.5 Å². The first-order chi connectivity index (χ1) is 14.4. The first-order valence-electron chi connectivity index (χ1n) is 9.88. The second kappa shape index (κ2) is 8.19. The van der Waals surface area contributed by atoms with Gasteiger partial charge < -0.3 is 4.90 Å². The summed E-state index contributed by atoms with van der Waals surface area (Å²) in [5.41, 5.74) is 3.16. The van der Waals surface area contributed by atoms with Crippen molar-refractivity contribution >= 4 is 17.4 Å². The average Bonchev–Trinajstić information content (AvgIpc) is 2.74. The molecule has 0 aromatic heterocycles. The van der Waals surface area contributed by atoms with Gasteiger partial charge in [-0.15, -0.1) is 0 Å². The third-order valence-electron chi connectivity index (χ3n) is 5.59. The Bertz CT molecular complexity index is 1060. The number of aryl methyl sites for hydroxylation is 1. The number of hydrogen-bond acceptors (Lipinski definition) is 2. The third kappa shape index (κ3) is 3.88. The molecular weight excluding hydrogens is 384 g/mol. The molecule has 1 saturated heterocycles. The molecule has 4 rings (SSSR count). The standard InChI is InChI=1S/C25H21F2NO2/c1-16-2-4-18(5-3-16)24-22(14-15-23(29)17-6-8-19(26)9-7-17)25(30)28(24)21-12-10-20(27)11-13-21/h2-13,22,24H,14-15H2,1H3. The van der Waals surface area contributed by atoms with Crippen LogP contribution >= 0.6 is 0 Å². The Morgan fingerprint density at radius 3 is 2.03 bits per heavy atom. The van der Waals surface area contributed by atoms with E-state index in [9.17, 15) is 18.4 Å². The van der Waals surface area contributed by atoms with Crippen LogP contribution in [0.1, 0.15) is 40.4 Å². The number of carbonyl (C=O) groups excluding carboxylic acids is 2. The minimum atomic E-state index is -0.393. The SMILES string of the molecule is Cc1ccc(C2C(CCC(=O)c3ccc(F)cc3)C(=O)N2c2ccc(F)cc2)cc1. The molecule has 3 nitrogen and oxygen atoms in total. The lowest BCUT2D eigenvalue weighted by molar-refractivity contribution is -0.130. The number of halogens is 2. The van der Waals surface area contributed by atoms with E-state index in [-0.39, 0.29) is 35.9 Å². The molecule has 0 N–H and O–H groups in total. The maximum atomic E-state index is 13.3. The summed E-state index contributed by atoms with van der Waals surface area (Å²) in [6.07, 6.45) is 0.590. The summed E-state index contributed by atoms with van der Waals surface area (Å²) in [6, 6.07) is 19.0. The highest BCUT2D eigenvalue weighted by atomic mass is 19.1. The lowest BCUT2D eigenvalue weighted by atomic mass is 9.78. The zero-order valence-corrected chi connectivity index (χ0v) is 16.5. The van der Waals surface area contributed by atoms with E-state index < -0.39 is 5.82 Å². The number of ketones is 1. The molecule has 0 spiro atoms. The Morgan fingerprint density at radius 1 is 0.867 bits per heavy atom. The Balaban J connectivity index is 1.55. The fourth-order valence-corrected chi connectivity index (χ4v) is 3.93. The second-order valence-electron chi connectivity index (χ2n) is 7.62. The molecule has 1 aliphatic rings. The molecule has 3 aromatic carbocycles. The largest absolute Gasteiger partial charge is 0.304 e. The van der Waals surface area contributed by atoms with Crippen molar-refractivity contribution in [3.63, 3.8) is 0 Å². The number of benzene rings is 3. The van der Waals surface area contributed by atoms with Gasteiger partial charge in [0.25, 0.3) is 0 Å². The van der Waals surface area contributed by atoms with Crippen molar-refractivity contribution in [3.05, 3.63) is 101 Å². The highest BCUT2D eigenvalue weighted by Gasteiger charge is 2.48. The summed E-state index contributed by atoms with van der Waals surface area (Å²) in [4.78, 5) is 27.1. The number of rotatable bonds is 6. The highest BCUT2D eigenvalue weighted by molar-refractivity contribution is 6.04. The molecule has 30 heavy (non-hydrogen) atoms. The number of Topliss-reactive ketones (excluding diaryl/α,β-unsaturated/α-hetero) is 1. The summed E-state index contributed by atoms with van der Waals surface area (Å²) < 4.78 is 26.4. The second-order valence-corrected chi connectivity index (χ2v) is 7.62. The molecule has 0 saturated carbocycles. The summed E-state index contributed by atoms with van der Waals surface area (Å²) in [5.74, 6) is -1.30. The van der Waals surface area contributed by atoms with Gasteiger partial charge in [-0.25, -0.2) is 8.78 Å². The van der Waals surface area contributed by atoms with Gasteiger partial charge in [-0.3, -0.25) is 9.59 Å². The number of nitrogens with zero attached hydrogens (tertiary/aromatic N) is 1. The van der Waals surface area contributed by atoms with Crippen LogP contribution in [0.15, 0.2) is 72.8 Å². The molecule has 152 valence electrons. The van der Waals surface area contributed by atoms with Gasteiger partial charge in [0.1, 0.15) is 11.6 Å². The van der Waals surface area contributed by atoms with Crippen molar-refractivity contribution in [1.82, 2.24) is 0 Å². The first kappa shape index (κ1) is 20.0. The van der Waals surface area contributed by atoms with Crippen molar-refractivity contribution in [3.8, 4) is 0 Å². The molecule has 0 radical (unpaired) electrons. The monoisotopic (exact) mass is 405 g/mol. The molecule has 0 aliphatic carbocycles. The number of amides is 1. The Kier molecular flexibility index (Phi) is 5.44. The maximum absolute atomic E-state index is 13.3. The average molecular weight is 405 g/mol. The Hall–Kier alpha value is -3.34. The predicted molar refractivity (Wildman–Crippen MR) is 111 cm³/mol. The number of anilines is 1. The smallest absolute Gasteiger partial charge is 0.233 e. The van der Waals surface area contributed by atoms with Crippen LogP contribution in [-0.4, -0.2) is 11.7 Å². The Labute approximate surface area is 174 Å². The van der Waals surface area contributed by atoms with Crippen LogP contribution in [0.25, 0.3) is 0 Å².